The van der Waals surface area contributed by atoms with Gasteiger partial charge in [-0.3, -0.25) is 0 Å². The highest BCUT2D eigenvalue weighted by Gasteiger charge is 2.29. The fourth-order valence-electron chi connectivity index (χ4n) is 3.10. The predicted molar refractivity (Wildman–Crippen MR) is 86.3 cm³/mol. The summed E-state index contributed by atoms with van der Waals surface area (Å²) in [5.74, 6) is 0.892. The Hall–Kier alpha value is -2.13. The van der Waals surface area contributed by atoms with E-state index in [9.17, 15) is 0 Å². The maximum absolute atomic E-state index is 6.13. The van der Waals surface area contributed by atoms with Crippen LogP contribution in [0.2, 0.25) is 5.28 Å². The second-order valence-electron chi connectivity index (χ2n) is 5.39. The molecule has 4 heteroatoms. The monoisotopic (exact) mass is 295 g/mol. The van der Waals surface area contributed by atoms with Gasteiger partial charge in [0.2, 0.25) is 5.28 Å². The Morgan fingerprint density at radius 3 is 2.71 bits per heavy atom. The third kappa shape index (κ3) is 1.96. The molecule has 2 heterocycles. The Morgan fingerprint density at radius 2 is 1.81 bits per heavy atom. The van der Waals surface area contributed by atoms with Crippen molar-refractivity contribution in [1.29, 1.82) is 0 Å². The molecule has 0 fully saturated rings. The number of para-hydroxylation sites is 2. The number of aromatic nitrogens is 2. The quantitative estimate of drug-likeness (QED) is 0.624. The van der Waals surface area contributed by atoms with Gasteiger partial charge in [0.1, 0.15) is 5.82 Å². The Morgan fingerprint density at radius 1 is 1.05 bits per heavy atom. The van der Waals surface area contributed by atoms with Crippen LogP contribution in [0.4, 0.5) is 11.5 Å². The topological polar surface area (TPSA) is 29.0 Å². The molecule has 1 aliphatic rings. The van der Waals surface area contributed by atoms with Gasteiger partial charge in [-0.2, -0.15) is 4.98 Å². The average molecular weight is 296 g/mol. The first-order valence-corrected chi connectivity index (χ1v) is 7.41. The third-order valence-corrected chi connectivity index (χ3v) is 4.16. The molecule has 1 aliphatic heterocycles. The highest BCUT2D eigenvalue weighted by molar-refractivity contribution is 6.28. The summed E-state index contributed by atoms with van der Waals surface area (Å²) in [5, 5.41) is 1.32. The number of benzene rings is 2. The van der Waals surface area contributed by atoms with E-state index >= 15 is 0 Å². The minimum absolute atomic E-state index is 0.292. The molecule has 0 radical (unpaired) electrons. The molecule has 3 nitrogen and oxygen atoms in total. The number of fused-ring (bicyclic) bond motifs is 2. The molecular formula is C17H14ClN3. The van der Waals surface area contributed by atoms with Crippen molar-refractivity contribution in [3.63, 3.8) is 0 Å². The normalized spacial score (nSPS) is 17.2. The molecule has 4 rings (SSSR count). The molecule has 0 saturated carbocycles. The Bertz CT molecular complexity index is 831. The van der Waals surface area contributed by atoms with Crippen molar-refractivity contribution in [2.75, 3.05) is 4.90 Å². The lowest BCUT2D eigenvalue weighted by Gasteiger charge is -2.25. The lowest BCUT2D eigenvalue weighted by Crippen LogP contribution is -2.25. The van der Waals surface area contributed by atoms with Crippen LogP contribution in [-0.2, 0) is 6.42 Å². The minimum atomic E-state index is 0.292. The highest BCUT2D eigenvalue weighted by atomic mass is 35.5. The highest BCUT2D eigenvalue weighted by Crippen LogP contribution is 2.40. The standard InChI is InChI=1S/C17H14ClN3/c1-11-10-12-6-2-5-9-15(12)21(11)16-13-7-3-4-8-14(13)19-17(18)20-16/h2-9,11H,10H2,1H3. The van der Waals surface area contributed by atoms with Gasteiger partial charge < -0.3 is 4.90 Å². The first-order valence-electron chi connectivity index (χ1n) is 7.03. The maximum atomic E-state index is 6.13. The molecule has 3 aromatic rings. The van der Waals surface area contributed by atoms with Gasteiger partial charge in [0.25, 0.3) is 0 Å². The summed E-state index contributed by atoms with van der Waals surface area (Å²) in [4.78, 5) is 11.1. The van der Waals surface area contributed by atoms with Crippen molar-refractivity contribution < 1.29 is 0 Å². The fraction of sp³-hybridized carbons (Fsp3) is 0.176. The third-order valence-electron chi connectivity index (χ3n) is 3.99. The van der Waals surface area contributed by atoms with Crippen LogP contribution in [0.1, 0.15) is 12.5 Å². The van der Waals surface area contributed by atoms with Crippen LogP contribution >= 0.6 is 11.6 Å². The van der Waals surface area contributed by atoms with Crippen molar-refractivity contribution in [3.05, 3.63) is 59.4 Å². The predicted octanol–water partition coefficient (Wildman–Crippen LogP) is 4.37. The number of anilines is 2. The molecule has 21 heavy (non-hydrogen) atoms. The van der Waals surface area contributed by atoms with Gasteiger partial charge in [0, 0.05) is 17.1 Å². The summed E-state index contributed by atoms with van der Waals surface area (Å²) in [5.41, 5.74) is 3.44. The summed E-state index contributed by atoms with van der Waals surface area (Å²) in [6, 6.07) is 16.8. The van der Waals surface area contributed by atoms with Crippen molar-refractivity contribution >= 4 is 34.0 Å². The first-order chi connectivity index (χ1) is 10.2. The SMILES string of the molecule is CC1Cc2ccccc2N1c1nc(Cl)nc2ccccc12. The van der Waals surface area contributed by atoms with Crippen molar-refractivity contribution in [2.45, 2.75) is 19.4 Å². The van der Waals surface area contributed by atoms with Gasteiger partial charge in [-0.05, 0) is 48.7 Å². The number of hydrogen-bond acceptors (Lipinski definition) is 3. The molecule has 0 spiro atoms. The molecule has 104 valence electrons. The minimum Gasteiger partial charge on any atom is -0.322 e. The van der Waals surface area contributed by atoms with Gasteiger partial charge in [0.15, 0.2) is 0 Å². The van der Waals surface area contributed by atoms with E-state index in [4.69, 9.17) is 11.6 Å². The van der Waals surface area contributed by atoms with E-state index in [1.165, 1.54) is 11.3 Å². The van der Waals surface area contributed by atoms with E-state index in [1.54, 1.807) is 0 Å². The van der Waals surface area contributed by atoms with Crippen LogP contribution in [-0.4, -0.2) is 16.0 Å². The van der Waals surface area contributed by atoms with E-state index in [2.05, 4.69) is 52.1 Å². The molecule has 1 atom stereocenters. The summed E-state index contributed by atoms with van der Waals surface area (Å²) in [6.07, 6.45) is 1.02. The maximum Gasteiger partial charge on any atom is 0.224 e. The molecule has 1 aromatic heterocycles. The van der Waals surface area contributed by atoms with E-state index in [1.807, 2.05) is 18.2 Å². The van der Waals surface area contributed by atoms with Gasteiger partial charge in [0.05, 0.1) is 5.52 Å². The molecular weight excluding hydrogens is 282 g/mol. The van der Waals surface area contributed by atoms with Gasteiger partial charge in [-0.1, -0.05) is 30.3 Å². The zero-order valence-corrected chi connectivity index (χ0v) is 12.4. The summed E-state index contributed by atoms with van der Waals surface area (Å²) in [6.45, 7) is 2.21. The average Bonchev–Trinajstić information content (AvgIpc) is 2.82. The number of nitrogens with zero attached hydrogens (tertiary/aromatic N) is 3. The first kappa shape index (κ1) is 12.6. The smallest absolute Gasteiger partial charge is 0.224 e. The molecule has 0 aliphatic carbocycles. The zero-order valence-electron chi connectivity index (χ0n) is 11.6. The molecule has 2 aromatic carbocycles. The van der Waals surface area contributed by atoms with Crippen LogP contribution in [0.5, 0.6) is 0 Å². The van der Waals surface area contributed by atoms with Crippen LogP contribution in [0.25, 0.3) is 10.9 Å². The van der Waals surface area contributed by atoms with E-state index in [-0.39, 0.29) is 0 Å². The van der Waals surface area contributed by atoms with E-state index in [0.717, 1.165) is 23.1 Å². The second kappa shape index (κ2) is 4.71. The lowest BCUT2D eigenvalue weighted by molar-refractivity contribution is 0.752. The molecule has 0 saturated heterocycles. The van der Waals surface area contributed by atoms with Crippen LogP contribution < -0.4 is 4.90 Å². The fourth-order valence-corrected chi connectivity index (χ4v) is 3.28. The van der Waals surface area contributed by atoms with Crippen LogP contribution in [0, 0.1) is 0 Å². The van der Waals surface area contributed by atoms with Gasteiger partial charge in [-0.15, -0.1) is 0 Å². The van der Waals surface area contributed by atoms with Crippen LogP contribution in [0.15, 0.2) is 48.5 Å². The second-order valence-corrected chi connectivity index (χ2v) is 5.72. The van der Waals surface area contributed by atoms with Crippen LogP contribution in [0.3, 0.4) is 0 Å². The van der Waals surface area contributed by atoms with Gasteiger partial charge in [-0.25, -0.2) is 4.98 Å². The van der Waals surface area contributed by atoms with E-state index in [0.29, 0.717) is 11.3 Å². The number of halogens is 1. The molecule has 1 unspecified atom stereocenters. The Kier molecular flexibility index (Phi) is 2.82. The van der Waals surface area contributed by atoms with Crippen molar-refractivity contribution in [2.24, 2.45) is 0 Å². The van der Waals surface area contributed by atoms with Crippen molar-refractivity contribution in [1.82, 2.24) is 9.97 Å². The lowest BCUT2D eigenvalue weighted by atomic mass is 10.1. The molecule has 0 amide bonds. The zero-order chi connectivity index (χ0) is 14.4. The Balaban J connectivity index is 1.99. The summed E-state index contributed by atoms with van der Waals surface area (Å²) >= 11 is 6.13. The summed E-state index contributed by atoms with van der Waals surface area (Å²) < 4.78 is 0. The number of hydrogen-bond donors (Lipinski definition) is 0. The number of rotatable bonds is 1. The molecule has 0 N–H and O–H groups in total. The Labute approximate surface area is 128 Å². The molecule has 0 bridgehead atoms. The largest absolute Gasteiger partial charge is 0.322 e. The summed E-state index contributed by atoms with van der Waals surface area (Å²) in [7, 11) is 0. The van der Waals surface area contributed by atoms with Gasteiger partial charge >= 0.3 is 0 Å². The van der Waals surface area contributed by atoms with E-state index < -0.39 is 0 Å². The van der Waals surface area contributed by atoms with Crippen molar-refractivity contribution in [3.8, 4) is 0 Å².